The first-order valence-electron chi connectivity index (χ1n) is 7.17. The van der Waals surface area contributed by atoms with Crippen molar-refractivity contribution >= 4 is 0 Å². The Labute approximate surface area is 111 Å². The van der Waals surface area contributed by atoms with Crippen LogP contribution in [-0.4, -0.2) is 18.0 Å². The molecule has 1 fully saturated rings. The molecule has 2 atom stereocenters. The number of hydrogen-bond acceptors (Lipinski definition) is 2. The van der Waals surface area contributed by atoms with Gasteiger partial charge in [0.2, 0.25) is 0 Å². The van der Waals surface area contributed by atoms with Crippen molar-refractivity contribution in [2.75, 3.05) is 7.05 Å². The van der Waals surface area contributed by atoms with Gasteiger partial charge in [0.15, 0.2) is 0 Å². The predicted octanol–water partition coefficient (Wildman–Crippen LogP) is 3.16. The highest BCUT2D eigenvalue weighted by Gasteiger charge is 2.22. The van der Waals surface area contributed by atoms with E-state index < -0.39 is 0 Å². The second-order valence-electron chi connectivity index (χ2n) is 5.86. The lowest BCUT2D eigenvalue weighted by Gasteiger charge is -2.34. The molecule has 2 N–H and O–H groups in total. The Morgan fingerprint density at radius 2 is 2.06 bits per heavy atom. The quantitative estimate of drug-likeness (QED) is 0.884. The number of nitrogens with zero attached hydrogens (tertiary/aromatic N) is 1. The summed E-state index contributed by atoms with van der Waals surface area (Å²) in [6.45, 7) is 4.07. The molecule has 1 aliphatic rings. The van der Waals surface area contributed by atoms with Gasteiger partial charge in [-0.15, -0.1) is 0 Å². The highest BCUT2D eigenvalue weighted by molar-refractivity contribution is 5.23. The van der Waals surface area contributed by atoms with Gasteiger partial charge >= 0.3 is 0 Å². The van der Waals surface area contributed by atoms with Crippen molar-refractivity contribution in [3.05, 3.63) is 35.4 Å². The van der Waals surface area contributed by atoms with Crippen LogP contribution in [0.25, 0.3) is 0 Å². The van der Waals surface area contributed by atoms with Crippen LogP contribution in [0.1, 0.15) is 43.7 Å². The number of rotatable bonds is 4. The SMILES string of the molecule is CC1CCCC(N(C)Cc2cccc(CN)c2)C1. The molecule has 2 unspecified atom stereocenters. The van der Waals surface area contributed by atoms with E-state index in [0.717, 1.165) is 18.5 Å². The largest absolute Gasteiger partial charge is 0.326 e. The van der Waals surface area contributed by atoms with Crippen LogP contribution in [0.5, 0.6) is 0 Å². The first-order chi connectivity index (χ1) is 8.69. The smallest absolute Gasteiger partial charge is 0.0233 e. The van der Waals surface area contributed by atoms with Crippen molar-refractivity contribution in [2.45, 2.75) is 51.7 Å². The molecule has 100 valence electrons. The van der Waals surface area contributed by atoms with Crippen LogP contribution in [0, 0.1) is 5.92 Å². The average molecular weight is 246 g/mol. The first kappa shape index (κ1) is 13.6. The van der Waals surface area contributed by atoms with Crippen LogP contribution in [0.4, 0.5) is 0 Å². The summed E-state index contributed by atoms with van der Waals surface area (Å²) in [5.41, 5.74) is 8.32. The summed E-state index contributed by atoms with van der Waals surface area (Å²) in [7, 11) is 2.26. The third-order valence-corrected chi connectivity index (χ3v) is 4.19. The van der Waals surface area contributed by atoms with Crippen molar-refractivity contribution in [3.63, 3.8) is 0 Å². The zero-order chi connectivity index (χ0) is 13.0. The summed E-state index contributed by atoms with van der Waals surface area (Å²) in [4.78, 5) is 2.52. The second kappa shape index (κ2) is 6.35. The third-order valence-electron chi connectivity index (χ3n) is 4.19. The zero-order valence-electron chi connectivity index (χ0n) is 11.7. The van der Waals surface area contributed by atoms with E-state index in [9.17, 15) is 0 Å². The minimum absolute atomic E-state index is 0.637. The van der Waals surface area contributed by atoms with E-state index in [0.29, 0.717) is 6.54 Å². The lowest BCUT2D eigenvalue weighted by Crippen LogP contribution is -2.35. The Hall–Kier alpha value is -0.860. The van der Waals surface area contributed by atoms with Crippen molar-refractivity contribution < 1.29 is 0 Å². The molecule has 1 aliphatic carbocycles. The molecule has 18 heavy (non-hydrogen) atoms. The fraction of sp³-hybridized carbons (Fsp3) is 0.625. The molecule has 0 amide bonds. The number of hydrogen-bond donors (Lipinski definition) is 1. The fourth-order valence-corrected chi connectivity index (χ4v) is 3.07. The average Bonchev–Trinajstić information content (AvgIpc) is 2.39. The summed E-state index contributed by atoms with van der Waals surface area (Å²) in [5, 5.41) is 0. The maximum Gasteiger partial charge on any atom is 0.0233 e. The molecule has 0 aliphatic heterocycles. The molecule has 0 bridgehead atoms. The summed E-state index contributed by atoms with van der Waals surface area (Å²) >= 11 is 0. The molecule has 0 aromatic heterocycles. The Kier molecular flexibility index (Phi) is 4.79. The molecular weight excluding hydrogens is 220 g/mol. The zero-order valence-corrected chi connectivity index (χ0v) is 11.7. The van der Waals surface area contributed by atoms with Crippen LogP contribution < -0.4 is 5.73 Å². The fourth-order valence-electron chi connectivity index (χ4n) is 3.07. The van der Waals surface area contributed by atoms with E-state index >= 15 is 0 Å². The highest BCUT2D eigenvalue weighted by Crippen LogP contribution is 2.27. The van der Waals surface area contributed by atoms with Gasteiger partial charge in [0.1, 0.15) is 0 Å². The standard InChI is InChI=1S/C16H26N2/c1-13-5-3-8-16(9-13)18(2)12-15-7-4-6-14(10-15)11-17/h4,6-7,10,13,16H,3,5,8-9,11-12,17H2,1-2H3. The van der Waals surface area contributed by atoms with Gasteiger partial charge in [0.05, 0.1) is 0 Å². The van der Waals surface area contributed by atoms with Gasteiger partial charge in [0.25, 0.3) is 0 Å². The Bertz CT molecular complexity index is 375. The normalized spacial score (nSPS) is 24.4. The monoisotopic (exact) mass is 246 g/mol. The Morgan fingerprint density at radius 1 is 1.28 bits per heavy atom. The van der Waals surface area contributed by atoms with Crippen molar-refractivity contribution in [3.8, 4) is 0 Å². The maximum atomic E-state index is 5.70. The van der Waals surface area contributed by atoms with Gasteiger partial charge in [-0.05, 0) is 36.9 Å². The van der Waals surface area contributed by atoms with Crippen LogP contribution in [0.15, 0.2) is 24.3 Å². The van der Waals surface area contributed by atoms with Crippen LogP contribution in [0.2, 0.25) is 0 Å². The van der Waals surface area contributed by atoms with E-state index in [1.165, 1.54) is 36.8 Å². The van der Waals surface area contributed by atoms with Gasteiger partial charge in [-0.3, -0.25) is 4.90 Å². The van der Waals surface area contributed by atoms with Gasteiger partial charge in [-0.2, -0.15) is 0 Å². The van der Waals surface area contributed by atoms with Gasteiger partial charge in [0, 0.05) is 19.1 Å². The Morgan fingerprint density at radius 3 is 2.78 bits per heavy atom. The molecule has 2 nitrogen and oxygen atoms in total. The predicted molar refractivity (Wildman–Crippen MR) is 77.2 cm³/mol. The molecule has 2 rings (SSSR count). The maximum absolute atomic E-state index is 5.70. The Balaban J connectivity index is 1.95. The van der Waals surface area contributed by atoms with Crippen LogP contribution in [-0.2, 0) is 13.1 Å². The van der Waals surface area contributed by atoms with E-state index in [4.69, 9.17) is 5.73 Å². The lowest BCUT2D eigenvalue weighted by atomic mass is 9.86. The topological polar surface area (TPSA) is 29.3 Å². The van der Waals surface area contributed by atoms with Crippen molar-refractivity contribution in [1.29, 1.82) is 0 Å². The lowest BCUT2D eigenvalue weighted by molar-refractivity contribution is 0.157. The van der Waals surface area contributed by atoms with E-state index in [1.54, 1.807) is 0 Å². The van der Waals surface area contributed by atoms with Crippen LogP contribution in [0.3, 0.4) is 0 Å². The number of nitrogens with two attached hydrogens (primary N) is 1. The summed E-state index contributed by atoms with van der Waals surface area (Å²) < 4.78 is 0. The molecule has 0 heterocycles. The van der Waals surface area contributed by atoms with Crippen LogP contribution >= 0.6 is 0 Å². The van der Waals surface area contributed by atoms with Gasteiger partial charge in [-0.1, -0.05) is 44.0 Å². The van der Waals surface area contributed by atoms with Gasteiger partial charge < -0.3 is 5.73 Å². The molecule has 1 aromatic rings. The first-order valence-corrected chi connectivity index (χ1v) is 7.17. The third kappa shape index (κ3) is 3.56. The molecule has 1 saturated carbocycles. The van der Waals surface area contributed by atoms with Crippen molar-refractivity contribution in [1.82, 2.24) is 4.90 Å². The summed E-state index contributed by atoms with van der Waals surface area (Å²) in [6, 6.07) is 9.43. The molecule has 1 aromatic carbocycles. The van der Waals surface area contributed by atoms with E-state index in [1.807, 2.05) is 0 Å². The molecule has 2 heteroatoms. The van der Waals surface area contributed by atoms with Gasteiger partial charge in [-0.25, -0.2) is 0 Å². The number of benzene rings is 1. The minimum atomic E-state index is 0.637. The highest BCUT2D eigenvalue weighted by atomic mass is 15.1. The summed E-state index contributed by atoms with van der Waals surface area (Å²) in [6.07, 6.45) is 5.51. The van der Waals surface area contributed by atoms with E-state index in [-0.39, 0.29) is 0 Å². The van der Waals surface area contributed by atoms with Crippen molar-refractivity contribution in [2.24, 2.45) is 11.7 Å². The molecule has 0 saturated heterocycles. The summed E-state index contributed by atoms with van der Waals surface area (Å²) in [5.74, 6) is 0.890. The molecular formula is C16H26N2. The van der Waals surface area contributed by atoms with E-state index in [2.05, 4.69) is 43.1 Å². The second-order valence-corrected chi connectivity index (χ2v) is 5.86. The minimum Gasteiger partial charge on any atom is -0.326 e. The molecule has 0 radical (unpaired) electrons. The molecule has 0 spiro atoms.